The van der Waals surface area contributed by atoms with Crippen molar-refractivity contribution in [2.24, 2.45) is 0 Å². The summed E-state index contributed by atoms with van der Waals surface area (Å²) < 4.78 is 2.53. The van der Waals surface area contributed by atoms with Gasteiger partial charge in [-0.05, 0) is 47.5 Å². The highest BCUT2D eigenvalue weighted by molar-refractivity contribution is 9.10. The first-order chi connectivity index (χ1) is 9.79. The van der Waals surface area contributed by atoms with Crippen LogP contribution in [0.1, 0.15) is 17.2 Å². The van der Waals surface area contributed by atoms with E-state index >= 15 is 0 Å². The van der Waals surface area contributed by atoms with E-state index in [2.05, 4.69) is 75.2 Å². The molecule has 0 saturated heterocycles. The highest BCUT2D eigenvalue weighted by Gasteiger charge is 2.15. The molecule has 20 heavy (non-hydrogen) atoms. The summed E-state index contributed by atoms with van der Waals surface area (Å²) in [4.78, 5) is 0. The molecule has 1 aromatic heterocycles. The van der Waals surface area contributed by atoms with Crippen LogP contribution >= 0.6 is 27.3 Å². The molecule has 3 rings (SSSR count). The maximum Gasteiger partial charge on any atom is 0.0370 e. The summed E-state index contributed by atoms with van der Waals surface area (Å²) in [5.41, 5.74) is 2.73. The molecule has 0 fully saturated rings. The molecule has 1 heterocycles. The van der Waals surface area contributed by atoms with Crippen molar-refractivity contribution in [3.63, 3.8) is 0 Å². The topological polar surface area (TPSA) is 12.0 Å². The van der Waals surface area contributed by atoms with E-state index in [9.17, 15) is 0 Å². The van der Waals surface area contributed by atoms with Crippen LogP contribution < -0.4 is 5.32 Å². The lowest BCUT2D eigenvalue weighted by Gasteiger charge is -2.18. The fourth-order valence-electron chi connectivity index (χ4n) is 2.54. The van der Waals surface area contributed by atoms with Crippen LogP contribution in [0.2, 0.25) is 0 Å². The van der Waals surface area contributed by atoms with Crippen LogP contribution in [-0.2, 0) is 6.42 Å². The Balaban J connectivity index is 1.94. The number of nitrogens with one attached hydrogen (secondary N) is 1. The summed E-state index contributed by atoms with van der Waals surface area (Å²) in [5.74, 6) is 0. The number of benzene rings is 2. The largest absolute Gasteiger partial charge is 0.313 e. The molecule has 0 aliphatic carbocycles. The molecule has 3 aromatic rings. The molecule has 1 unspecified atom stereocenters. The first kappa shape index (κ1) is 13.8. The van der Waals surface area contributed by atoms with Crippen molar-refractivity contribution >= 4 is 37.4 Å². The molecule has 0 spiro atoms. The van der Waals surface area contributed by atoms with Crippen LogP contribution in [0.3, 0.4) is 0 Å². The average Bonchev–Trinajstić information content (AvgIpc) is 2.89. The Hall–Kier alpha value is -1.16. The van der Waals surface area contributed by atoms with Crippen LogP contribution in [0.25, 0.3) is 10.1 Å². The van der Waals surface area contributed by atoms with Crippen molar-refractivity contribution in [3.05, 3.63) is 69.5 Å². The van der Waals surface area contributed by atoms with Crippen molar-refractivity contribution in [2.75, 3.05) is 7.05 Å². The Kier molecular flexibility index (Phi) is 4.20. The minimum Gasteiger partial charge on any atom is -0.313 e. The molecule has 0 aliphatic heterocycles. The maximum absolute atomic E-state index is 3.65. The monoisotopic (exact) mass is 345 g/mol. The van der Waals surface area contributed by atoms with Gasteiger partial charge in [0.25, 0.3) is 0 Å². The van der Waals surface area contributed by atoms with Gasteiger partial charge in [0.2, 0.25) is 0 Å². The van der Waals surface area contributed by atoms with E-state index in [1.54, 1.807) is 0 Å². The summed E-state index contributed by atoms with van der Waals surface area (Å²) in [6, 6.07) is 17.4. The molecular weight excluding hydrogens is 330 g/mol. The van der Waals surface area contributed by atoms with E-state index in [1.165, 1.54) is 25.7 Å². The van der Waals surface area contributed by atoms with Gasteiger partial charge in [0, 0.05) is 15.2 Å². The minimum absolute atomic E-state index is 0.323. The zero-order valence-corrected chi connectivity index (χ0v) is 13.7. The third-order valence-corrected chi connectivity index (χ3v) is 5.35. The van der Waals surface area contributed by atoms with Gasteiger partial charge in [0.15, 0.2) is 0 Å². The molecule has 0 amide bonds. The summed E-state index contributed by atoms with van der Waals surface area (Å²) in [6.07, 6.45) is 1.00. The number of thiophene rings is 1. The van der Waals surface area contributed by atoms with Crippen molar-refractivity contribution in [3.8, 4) is 0 Å². The van der Waals surface area contributed by atoms with Crippen LogP contribution in [0.5, 0.6) is 0 Å². The molecule has 0 bridgehead atoms. The van der Waals surface area contributed by atoms with Crippen molar-refractivity contribution in [1.82, 2.24) is 5.32 Å². The lowest BCUT2D eigenvalue weighted by atomic mass is 9.99. The number of hydrogen-bond donors (Lipinski definition) is 1. The zero-order chi connectivity index (χ0) is 13.9. The second-order valence-electron chi connectivity index (χ2n) is 4.82. The predicted octanol–water partition coefficient (Wildman–Crippen LogP) is 5.17. The van der Waals surface area contributed by atoms with Gasteiger partial charge in [-0.25, -0.2) is 0 Å². The molecular formula is C17H16BrNS. The van der Waals surface area contributed by atoms with Gasteiger partial charge in [0.05, 0.1) is 0 Å². The Morgan fingerprint density at radius 2 is 1.85 bits per heavy atom. The van der Waals surface area contributed by atoms with E-state index < -0.39 is 0 Å². The summed E-state index contributed by atoms with van der Waals surface area (Å²) in [6.45, 7) is 0. The van der Waals surface area contributed by atoms with E-state index in [4.69, 9.17) is 0 Å². The molecule has 2 aromatic carbocycles. The normalized spacial score (nSPS) is 12.7. The van der Waals surface area contributed by atoms with Crippen molar-refractivity contribution in [1.29, 1.82) is 0 Å². The molecule has 0 aliphatic rings. The highest BCUT2D eigenvalue weighted by atomic mass is 79.9. The predicted molar refractivity (Wildman–Crippen MR) is 91.5 cm³/mol. The van der Waals surface area contributed by atoms with Gasteiger partial charge in [-0.1, -0.05) is 52.3 Å². The smallest absolute Gasteiger partial charge is 0.0370 e. The first-order valence-corrected chi connectivity index (χ1v) is 8.33. The summed E-state index contributed by atoms with van der Waals surface area (Å²) in [7, 11) is 2.03. The second kappa shape index (κ2) is 6.08. The van der Waals surface area contributed by atoms with Crippen molar-refractivity contribution in [2.45, 2.75) is 12.5 Å². The van der Waals surface area contributed by atoms with Crippen molar-refractivity contribution < 1.29 is 0 Å². The Morgan fingerprint density at radius 1 is 1.10 bits per heavy atom. The fraction of sp³-hybridized carbons (Fsp3) is 0.176. The summed E-state index contributed by atoms with van der Waals surface area (Å²) in [5, 5.41) is 7.10. The van der Waals surface area contributed by atoms with Crippen LogP contribution in [0, 0.1) is 0 Å². The van der Waals surface area contributed by atoms with Crippen LogP contribution in [0.15, 0.2) is 58.4 Å². The molecule has 3 heteroatoms. The standard InChI is InChI=1S/C17H16BrNS/c1-19-16(14-7-2-4-8-15(14)18)10-12-11-20-17-9-5-3-6-13(12)17/h2-9,11,16,19H,10H2,1H3. The third-order valence-electron chi connectivity index (χ3n) is 3.61. The van der Waals surface area contributed by atoms with E-state index in [0.717, 1.165) is 6.42 Å². The first-order valence-electron chi connectivity index (χ1n) is 6.66. The van der Waals surface area contributed by atoms with Crippen LogP contribution in [0.4, 0.5) is 0 Å². The zero-order valence-electron chi connectivity index (χ0n) is 11.3. The third kappa shape index (κ3) is 2.66. The van der Waals surface area contributed by atoms with Gasteiger partial charge in [-0.15, -0.1) is 11.3 Å². The minimum atomic E-state index is 0.323. The molecule has 1 nitrogen and oxygen atoms in total. The number of hydrogen-bond acceptors (Lipinski definition) is 2. The van der Waals surface area contributed by atoms with Gasteiger partial charge in [0.1, 0.15) is 0 Å². The number of rotatable bonds is 4. The Morgan fingerprint density at radius 3 is 2.65 bits per heavy atom. The molecule has 0 saturated carbocycles. The van der Waals surface area contributed by atoms with E-state index in [1.807, 2.05) is 18.4 Å². The van der Waals surface area contributed by atoms with Gasteiger partial charge in [-0.2, -0.15) is 0 Å². The average molecular weight is 346 g/mol. The van der Waals surface area contributed by atoms with Gasteiger partial charge < -0.3 is 5.32 Å². The molecule has 1 atom stereocenters. The second-order valence-corrected chi connectivity index (χ2v) is 6.59. The highest BCUT2D eigenvalue weighted by Crippen LogP contribution is 2.31. The van der Waals surface area contributed by atoms with E-state index in [0.29, 0.717) is 6.04 Å². The number of halogens is 1. The van der Waals surface area contributed by atoms with E-state index in [-0.39, 0.29) is 0 Å². The van der Waals surface area contributed by atoms with Gasteiger partial charge >= 0.3 is 0 Å². The molecule has 102 valence electrons. The van der Waals surface area contributed by atoms with Gasteiger partial charge in [-0.3, -0.25) is 0 Å². The maximum atomic E-state index is 3.65. The number of fused-ring (bicyclic) bond motifs is 1. The molecule has 0 radical (unpaired) electrons. The lowest BCUT2D eigenvalue weighted by Crippen LogP contribution is -2.19. The molecule has 1 N–H and O–H groups in total. The quantitative estimate of drug-likeness (QED) is 0.687. The Bertz CT molecular complexity index is 720. The summed E-state index contributed by atoms with van der Waals surface area (Å²) >= 11 is 5.48. The van der Waals surface area contributed by atoms with Crippen LogP contribution in [-0.4, -0.2) is 7.05 Å². The number of likely N-dealkylation sites (N-methyl/N-ethyl adjacent to an activating group) is 1. The Labute approximate surface area is 131 Å². The SMILES string of the molecule is CNC(Cc1csc2ccccc12)c1ccccc1Br. The fourth-order valence-corrected chi connectivity index (χ4v) is 4.07. The lowest BCUT2D eigenvalue weighted by molar-refractivity contribution is 0.592.